The molecule has 3 aromatic rings. The minimum atomic E-state index is -0.990. The lowest BCUT2D eigenvalue weighted by atomic mass is 10.2. The Hall–Kier alpha value is -2.56. The zero-order chi connectivity index (χ0) is 12.7. The maximum atomic E-state index is 10.8. The molecular formula is C13H9NO4. The molecule has 0 spiro atoms. The van der Waals surface area contributed by atoms with Crippen LogP contribution in [0.2, 0.25) is 0 Å². The highest BCUT2D eigenvalue weighted by molar-refractivity contribution is 5.92. The van der Waals surface area contributed by atoms with Gasteiger partial charge in [0.15, 0.2) is 11.3 Å². The average Bonchev–Trinajstić information content (AvgIpc) is 2.93. The summed E-state index contributed by atoms with van der Waals surface area (Å²) < 4.78 is 10.9. The van der Waals surface area contributed by atoms with Crippen molar-refractivity contribution >= 4 is 17.1 Å². The highest BCUT2D eigenvalue weighted by Crippen LogP contribution is 2.26. The van der Waals surface area contributed by atoms with Crippen molar-refractivity contribution in [3.05, 3.63) is 41.7 Å². The summed E-state index contributed by atoms with van der Waals surface area (Å²) >= 11 is 0. The van der Waals surface area contributed by atoms with E-state index in [4.69, 9.17) is 13.9 Å². The maximum Gasteiger partial charge on any atom is 0.335 e. The molecule has 1 aromatic carbocycles. The van der Waals surface area contributed by atoms with Gasteiger partial charge in [-0.05, 0) is 37.3 Å². The number of aryl methyl sites for hydroxylation is 1. The average molecular weight is 243 g/mol. The summed E-state index contributed by atoms with van der Waals surface area (Å²) in [4.78, 5) is 15.1. The van der Waals surface area contributed by atoms with Crippen LogP contribution in [0.15, 0.2) is 39.2 Å². The van der Waals surface area contributed by atoms with Gasteiger partial charge in [0.2, 0.25) is 0 Å². The summed E-state index contributed by atoms with van der Waals surface area (Å²) in [5, 5.41) is 8.89. The van der Waals surface area contributed by atoms with Gasteiger partial charge in [0.1, 0.15) is 11.3 Å². The molecule has 0 aliphatic rings. The van der Waals surface area contributed by atoms with Crippen LogP contribution in [0.1, 0.15) is 16.1 Å². The van der Waals surface area contributed by atoms with Crippen molar-refractivity contribution in [3.63, 3.8) is 0 Å². The number of carbonyl (C=O) groups is 1. The van der Waals surface area contributed by atoms with Crippen LogP contribution in [0.3, 0.4) is 0 Å². The van der Waals surface area contributed by atoms with E-state index >= 15 is 0 Å². The molecule has 0 unspecified atom stereocenters. The molecule has 0 bridgehead atoms. The third-order valence-corrected chi connectivity index (χ3v) is 2.59. The van der Waals surface area contributed by atoms with Crippen molar-refractivity contribution in [2.45, 2.75) is 6.92 Å². The van der Waals surface area contributed by atoms with E-state index in [0.717, 1.165) is 5.76 Å². The van der Waals surface area contributed by atoms with Gasteiger partial charge >= 0.3 is 5.97 Å². The summed E-state index contributed by atoms with van der Waals surface area (Å²) in [5.41, 5.74) is 1.21. The second kappa shape index (κ2) is 3.73. The van der Waals surface area contributed by atoms with Crippen molar-refractivity contribution < 1.29 is 18.7 Å². The number of hydrogen-bond donors (Lipinski definition) is 1. The van der Waals surface area contributed by atoms with Gasteiger partial charge in [0.25, 0.3) is 5.89 Å². The first kappa shape index (κ1) is 10.6. The number of fused-ring (bicyclic) bond motifs is 1. The van der Waals surface area contributed by atoms with Crippen molar-refractivity contribution in [1.82, 2.24) is 4.98 Å². The van der Waals surface area contributed by atoms with E-state index in [9.17, 15) is 4.79 Å². The van der Waals surface area contributed by atoms with Crippen molar-refractivity contribution in [3.8, 4) is 11.7 Å². The fourth-order valence-electron chi connectivity index (χ4n) is 1.72. The van der Waals surface area contributed by atoms with Crippen LogP contribution in [0, 0.1) is 6.92 Å². The molecule has 0 saturated carbocycles. The highest BCUT2D eigenvalue weighted by atomic mass is 16.4. The number of benzene rings is 1. The lowest BCUT2D eigenvalue weighted by Crippen LogP contribution is -1.94. The lowest BCUT2D eigenvalue weighted by molar-refractivity contribution is 0.0697. The predicted octanol–water partition coefficient (Wildman–Crippen LogP) is 3.09. The number of rotatable bonds is 2. The topological polar surface area (TPSA) is 76.5 Å². The minimum Gasteiger partial charge on any atom is -0.478 e. The van der Waals surface area contributed by atoms with E-state index in [1.807, 2.05) is 13.0 Å². The maximum absolute atomic E-state index is 10.8. The zero-order valence-electron chi connectivity index (χ0n) is 9.51. The molecule has 0 fully saturated rings. The molecule has 0 saturated heterocycles. The van der Waals surface area contributed by atoms with Crippen LogP contribution in [0.4, 0.5) is 0 Å². The first-order valence-electron chi connectivity index (χ1n) is 5.34. The Morgan fingerprint density at radius 1 is 1.22 bits per heavy atom. The third kappa shape index (κ3) is 1.66. The van der Waals surface area contributed by atoms with E-state index in [-0.39, 0.29) is 5.56 Å². The normalized spacial score (nSPS) is 10.9. The number of nitrogens with zero attached hydrogens (tertiary/aromatic N) is 1. The van der Waals surface area contributed by atoms with Crippen molar-refractivity contribution in [2.75, 3.05) is 0 Å². The highest BCUT2D eigenvalue weighted by Gasteiger charge is 2.13. The Labute approximate surface area is 102 Å². The van der Waals surface area contributed by atoms with Gasteiger partial charge in [0, 0.05) is 0 Å². The first-order valence-corrected chi connectivity index (χ1v) is 5.34. The number of aromatic nitrogens is 1. The predicted molar refractivity (Wildman–Crippen MR) is 63.4 cm³/mol. The number of furan rings is 1. The molecule has 0 atom stereocenters. The van der Waals surface area contributed by atoms with Crippen LogP contribution in [0.25, 0.3) is 22.8 Å². The molecule has 1 N–H and O–H groups in total. The molecule has 0 aliphatic heterocycles. The van der Waals surface area contributed by atoms with Crippen LogP contribution >= 0.6 is 0 Å². The number of aromatic carboxylic acids is 1. The SMILES string of the molecule is Cc1ccc(-c2nc3cc(C(=O)O)ccc3o2)o1. The first-order chi connectivity index (χ1) is 8.63. The monoisotopic (exact) mass is 243 g/mol. The lowest BCUT2D eigenvalue weighted by Gasteiger charge is -1.91. The van der Waals surface area contributed by atoms with Gasteiger partial charge in [-0.1, -0.05) is 0 Å². The van der Waals surface area contributed by atoms with E-state index in [1.54, 1.807) is 12.1 Å². The zero-order valence-corrected chi connectivity index (χ0v) is 9.51. The fourth-order valence-corrected chi connectivity index (χ4v) is 1.72. The molecule has 90 valence electrons. The van der Waals surface area contributed by atoms with Crippen LogP contribution < -0.4 is 0 Å². The quantitative estimate of drug-likeness (QED) is 0.748. The minimum absolute atomic E-state index is 0.179. The van der Waals surface area contributed by atoms with Crippen LogP contribution in [0.5, 0.6) is 0 Å². The molecule has 2 heterocycles. The molecule has 5 nitrogen and oxygen atoms in total. The Morgan fingerprint density at radius 2 is 2.06 bits per heavy atom. The Balaban J connectivity index is 2.13. The van der Waals surface area contributed by atoms with Gasteiger partial charge in [0.05, 0.1) is 5.56 Å². The largest absolute Gasteiger partial charge is 0.478 e. The molecule has 18 heavy (non-hydrogen) atoms. The molecular weight excluding hydrogens is 234 g/mol. The summed E-state index contributed by atoms with van der Waals surface area (Å²) in [6.07, 6.45) is 0. The van der Waals surface area contributed by atoms with E-state index in [2.05, 4.69) is 4.98 Å². The van der Waals surface area contributed by atoms with Crippen LogP contribution in [-0.4, -0.2) is 16.1 Å². The van der Waals surface area contributed by atoms with Gasteiger partial charge in [-0.3, -0.25) is 0 Å². The molecule has 0 radical (unpaired) electrons. The molecule has 0 amide bonds. The molecule has 0 aliphatic carbocycles. The Morgan fingerprint density at radius 3 is 2.72 bits per heavy atom. The smallest absolute Gasteiger partial charge is 0.335 e. The van der Waals surface area contributed by atoms with Gasteiger partial charge in [-0.25, -0.2) is 9.78 Å². The van der Waals surface area contributed by atoms with Gasteiger partial charge in [-0.15, -0.1) is 0 Å². The number of oxazole rings is 1. The standard InChI is InChI=1S/C13H9NO4/c1-7-2-4-11(17-7)12-14-9-6-8(13(15)16)3-5-10(9)18-12/h2-6H,1H3,(H,15,16). The molecule has 5 heteroatoms. The molecule has 3 rings (SSSR count). The third-order valence-electron chi connectivity index (χ3n) is 2.59. The second-order valence-corrected chi connectivity index (χ2v) is 3.92. The summed E-state index contributed by atoms with van der Waals surface area (Å²) in [7, 11) is 0. The van der Waals surface area contributed by atoms with E-state index < -0.39 is 5.97 Å². The second-order valence-electron chi connectivity index (χ2n) is 3.92. The Bertz CT molecular complexity index is 738. The van der Waals surface area contributed by atoms with Crippen molar-refractivity contribution in [1.29, 1.82) is 0 Å². The number of carboxylic acid groups (broad SMARTS) is 1. The molecule has 2 aromatic heterocycles. The number of hydrogen-bond acceptors (Lipinski definition) is 4. The summed E-state index contributed by atoms with van der Waals surface area (Å²) in [6.45, 7) is 1.83. The summed E-state index contributed by atoms with van der Waals surface area (Å²) in [6, 6.07) is 8.11. The van der Waals surface area contributed by atoms with Gasteiger partial charge in [-0.2, -0.15) is 0 Å². The Kier molecular flexibility index (Phi) is 2.19. The summed E-state index contributed by atoms with van der Waals surface area (Å²) in [5.74, 6) is 0.648. The fraction of sp³-hybridized carbons (Fsp3) is 0.0769. The van der Waals surface area contributed by atoms with E-state index in [1.165, 1.54) is 12.1 Å². The van der Waals surface area contributed by atoms with E-state index in [0.29, 0.717) is 22.8 Å². The van der Waals surface area contributed by atoms with Gasteiger partial charge < -0.3 is 13.9 Å². The van der Waals surface area contributed by atoms with Crippen LogP contribution in [-0.2, 0) is 0 Å². The van der Waals surface area contributed by atoms with Crippen molar-refractivity contribution in [2.24, 2.45) is 0 Å². The number of carboxylic acids is 1.